The minimum absolute atomic E-state index is 0. The molecule has 2 N–H and O–H groups in total. The van der Waals surface area contributed by atoms with Crippen LogP contribution in [-0.4, -0.2) is 39.9 Å². The Hall–Kier alpha value is -2.23. The maximum absolute atomic E-state index is 13.2. The van der Waals surface area contributed by atoms with Gasteiger partial charge in [-0.2, -0.15) is 0 Å². The van der Waals surface area contributed by atoms with Crippen LogP contribution < -0.4 is 24.8 Å². The van der Waals surface area contributed by atoms with Crippen molar-refractivity contribution in [1.29, 1.82) is 0 Å². The second kappa shape index (κ2) is 11.5. The molecule has 0 radical (unpaired) electrons. The molecule has 27 heavy (non-hydrogen) atoms. The lowest BCUT2D eigenvalue weighted by atomic mass is 10.2. The third-order valence-electron chi connectivity index (χ3n) is 3.56. The van der Waals surface area contributed by atoms with Crippen LogP contribution in [-0.2, 0) is 0 Å². The zero-order valence-electron chi connectivity index (χ0n) is 15.8. The van der Waals surface area contributed by atoms with Gasteiger partial charge in [-0.3, -0.25) is 4.99 Å². The molecule has 0 saturated heterocycles. The summed E-state index contributed by atoms with van der Waals surface area (Å²) in [6.07, 6.45) is -0.180. The summed E-state index contributed by atoms with van der Waals surface area (Å²) in [7, 11) is 4.85. The number of methoxy groups -OCH3 is 2. The van der Waals surface area contributed by atoms with Gasteiger partial charge in [0.2, 0.25) is 0 Å². The summed E-state index contributed by atoms with van der Waals surface area (Å²) in [5, 5.41) is 6.34. The highest BCUT2D eigenvalue weighted by atomic mass is 127. The highest BCUT2D eigenvalue weighted by Gasteiger charge is 2.09. The average Bonchev–Trinajstić information content (AvgIpc) is 2.64. The van der Waals surface area contributed by atoms with Crippen molar-refractivity contribution in [3.8, 4) is 17.2 Å². The van der Waals surface area contributed by atoms with Gasteiger partial charge in [0.1, 0.15) is 17.7 Å². The largest absolute Gasteiger partial charge is 0.493 e. The van der Waals surface area contributed by atoms with Gasteiger partial charge in [-0.25, -0.2) is 4.39 Å². The highest BCUT2D eigenvalue weighted by molar-refractivity contribution is 14.0. The lowest BCUT2D eigenvalue weighted by Crippen LogP contribution is -2.37. The molecular weight excluding hydrogens is 464 g/mol. The third kappa shape index (κ3) is 7.12. The summed E-state index contributed by atoms with van der Waals surface area (Å²) in [6, 6.07) is 11.6. The predicted molar refractivity (Wildman–Crippen MR) is 116 cm³/mol. The summed E-state index contributed by atoms with van der Waals surface area (Å²) in [4.78, 5) is 4.18. The standard InChI is InChI=1S/C19H24FN3O3.HI/c1-13(26-16-7-5-6-14(20)10-16)12-22-19(21-2)23-15-8-9-17(24-3)18(11-15)25-4;/h5-11,13H,12H2,1-4H3,(H2,21,22,23);1H. The number of hydrogen-bond donors (Lipinski definition) is 2. The van der Waals surface area contributed by atoms with E-state index in [2.05, 4.69) is 15.6 Å². The van der Waals surface area contributed by atoms with E-state index in [-0.39, 0.29) is 35.9 Å². The lowest BCUT2D eigenvalue weighted by Gasteiger charge is -2.18. The molecule has 0 aromatic heterocycles. The lowest BCUT2D eigenvalue weighted by molar-refractivity contribution is 0.223. The van der Waals surface area contributed by atoms with E-state index in [9.17, 15) is 4.39 Å². The first-order valence-corrected chi connectivity index (χ1v) is 8.17. The molecule has 8 heteroatoms. The van der Waals surface area contributed by atoms with E-state index in [1.807, 2.05) is 25.1 Å². The van der Waals surface area contributed by atoms with Crippen molar-refractivity contribution >= 4 is 35.6 Å². The van der Waals surface area contributed by atoms with Crippen LogP contribution in [0.15, 0.2) is 47.5 Å². The van der Waals surface area contributed by atoms with Crippen molar-refractivity contribution in [2.45, 2.75) is 13.0 Å². The Morgan fingerprint density at radius 3 is 2.48 bits per heavy atom. The first-order valence-electron chi connectivity index (χ1n) is 8.17. The molecule has 0 aliphatic rings. The van der Waals surface area contributed by atoms with Crippen LogP contribution in [0.3, 0.4) is 0 Å². The minimum Gasteiger partial charge on any atom is -0.493 e. The number of halogens is 2. The van der Waals surface area contributed by atoms with Gasteiger partial charge < -0.3 is 24.8 Å². The number of benzene rings is 2. The van der Waals surface area contributed by atoms with Crippen molar-refractivity contribution < 1.29 is 18.6 Å². The van der Waals surface area contributed by atoms with Crippen molar-refractivity contribution in [2.24, 2.45) is 4.99 Å². The Labute approximate surface area is 176 Å². The molecule has 2 rings (SSSR count). The van der Waals surface area contributed by atoms with Gasteiger partial charge in [0.15, 0.2) is 17.5 Å². The van der Waals surface area contributed by atoms with Gasteiger partial charge in [0, 0.05) is 24.9 Å². The topological polar surface area (TPSA) is 64.1 Å². The average molecular weight is 489 g/mol. The van der Waals surface area contributed by atoms with Crippen LogP contribution in [0, 0.1) is 5.82 Å². The molecule has 2 aromatic rings. The zero-order chi connectivity index (χ0) is 18.9. The SMILES string of the molecule is CN=C(NCC(C)Oc1cccc(F)c1)Nc1ccc(OC)c(OC)c1.I. The van der Waals surface area contributed by atoms with Crippen molar-refractivity contribution in [1.82, 2.24) is 5.32 Å². The highest BCUT2D eigenvalue weighted by Crippen LogP contribution is 2.29. The smallest absolute Gasteiger partial charge is 0.195 e. The number of hydrogen-bond acceptors (Lipinski definition) is 4. The number of anilines is 1. The molecular formula is C19H25FIN3O3. The molecule has 2 aromatic carbocycles. The van der Waals surface area contributed by atoms with E-state index < -0.39 is 0 Å². The molecule has 0 fully saturated rings. The van der Waals surface area contributed by atoms with Gasteiger partial charge >= 0.3 is 0 Å². The van der Waals surface area contributed by atoms with Gasteiger partial charge in [-0.05, 0) is 31.2 Å². The van der Waals surface area contributed by atoms with E-state index in [4.69, 9.17) is 14.2 Å². The Bertz CT molecular complexity index is 759. The van der Waals surface area contributed by atoms with E-state index in [1.54, 1.807) is 33.4 Å². The Morgan fingerprint density at radius 1 is 1.11 bits per heavy atom. The maximum atomic E-state index is 13.2. The predicted octanol–water partition coefficient (Wildman–Crippen LogP) is 3.92. The molecule has 0 aliphatic carbocycles. The molecule has 0 heterocycles. The first-order chi connectivity index (χ1) is 12.5. The van der Waals surface area contributed by atoms with E-state index in [1.165, 1.54) is 12.1 Å². The maximum Gasteiger partial charge on any atom is 0.195 e. The molecule has 148 valence electrons. The van der Waals surface area contributed by atoms with Gasteiger partial charge in [0.05, 0.1) is 20.8 Å². The van der Waals surface area contributed by atoms with E-state index >= 15 is 0 Å². The summed E-state index contributed by atoms with van der Waals surface area (Å²) in [5.41, 5.74) is 0.800. The molecule has 0 amide bonds. The summed E-state index contributed by atoms with van der Waals surface area (Å²) >= 11 is 0. The van der Waals surface area contributed by atoms with Crippen molar-refractivity contribution in [2.75, 3.05) is 33.1 Å². The molecule has 0 saturated carbocycles. The van der Waals surface area contributed by atoms with E-state index in [0.717, 1.165) is 5.69 Å². The fraction of sp³-hybridized carbons (Fsp3) is 0.316. The summed E-state index contributed by atoms with van der Waals surface area (Å²) in [5.74, 6) is 2.01. The van der Waals surface area contributed by atoms with Crippen LogP contribution in [0.4, 0.5) is 10.1 Å². The minimum atomic E-state index is -0.325. The molecule has 1 unspecified atom stereocenters. The number of nitrogens with one attached hydrogen (secondary N) is 2. The first kappa shape index (κ1) is 22.8. The van der Waals surface area contributed by atoms with Crippen LogP contribution >= 0.6 is 24.0 Å². The Morgan fingerprint density at radius 2 is 1.85 bits per heavy atom. The summed E-state index contributed by atoms with van der Waals surface area (Å²) in [6.45, 7) is 2.38. The second-order valence-corrected chi connectivity index (χ2v) is 5.53. The van der Waals surface area contributed by atoms with Crippen molar-refractivity contribution in [3.63, 3.8) is 0 Å². The zero-order valence-corrected chi connectivity index (χ0v) is 18.1. The van der Waals surface area contributed by atoms with Crippen molar-refractivity contribution in [3.05, 3.63) is 48.3 Å². The second-order valence-electron chi connectivity index (χ2n) is 5.53. The number of nitrogens with zero attached hydrogens (tertiary/aromatic N) is 1. The van der Waals surface area contributed by atoms with Crippen LogP contribution in [0.25, 0.3) is 0 Å². The Balaban J connectivity index is 0.00000364. The van der Waals surface area contributed by atoms with E-state index in [0.29, 0.717) is 29.8 Å². The van der Waals surface area contributed by atoms with Gasteiger partial charge in [-0.15, -0.1) is 24.0 Å². The fourth-order valence-corrected chi connectivity index (χ4v) is 2.28. The van der Waals surface area contributed by atoms with Crippen LogP contribution in [0.5, 0.6) is 17.2 Å². The van der Waals surface area contributed by atoms with Crippen LogP contribution in [0.1, 0.15) is 6.92 Å². The molecule has 0 spiro atoms. The molecule has 6 nitrogen and oxygen atoms in total. The molecule has 1 atom stereocenters. The molecule has 0 bridgehead atoms. The number of ether oxygens (including phenoxy) is 3. The summed E-state index contributed by atoms with van der Waals surface area (Å²) < 4.78 is 29.4. The number of rotatable bonds is 7. The molecule has 0 aliphatic heterocycles. The Kier molecular flexibility index (Phi) is 9.70. The monoisotopic (exact) mass is 489 g/mol. The van der Waals surface area contributed by atoms with Gasteiger partial charge in [-0.1, -0.05) is 6.07 Å². The third-order valence-corrected chi connectivity index (χ3v) is 3.56. The van der Waals surface area contributed by atoms with Crippen LogP contribution in [0.2, 0.25) is 0 Å². The normalized spacial score (nSPS) is 11.8. The quantitative estimate of drug-likeness (QED) is 0.351. The fourth-order valence-electron chi connectivity index (χ4n) is 2.28. The number of guanidine groups is 1. The van der Waals surface area contributed by atoms with Gasteiger partial charge in [0.25, 0.3) is 0 Å². The number of aliphatic imine (C=N–C) groups is 1.